The van der Waals surface area contributed by atoms with Gasteiger partial charge < -0.3 is 20.9 Å². The van der Waals surface area contributed by atoms with Crippen molar-refractivity contribution >= 4 is 17.0 Å². The number of hydrogen-bond donors (Lipinski definition) is 3. The number of anilines is 1. The summed E-state index contributed by atoms with van der Waals surface area (Å²) in [7, 11) is 1.62. The number of nitrogens with zero attached hydrogens (tertiary/aromatic N) is 4. The summed E-state index contributed by atoms with van der Waals surface area (Å²) >= 11 is 0. The lowest BCUT2D eigenvalue weighted by Crippen LogP contribution is -2.41. The molecule has 1 aliphatic rings. The van der Waals surface area contributed by atoms with Gasteiger partial charge in [0.25, 0.3) is 0 Å². The van der Waals surface area contributed by atoms with Crippen LogP contribution < -0.4 is 11.1 Å². The molecule has 0 spiro atoms. The van der Waals surface area contributed by atoms with Gasteiger partial charge in [-0.25, -0.2) is 19.3 Å². The summed E-state index contributed by atoms with van der Waals surface area (Å²) in [5.41, 5.74) is 6.50. The van der Waals surface area contributed by atoms with Gasteiger partial charge in [-0.15, -0.1) is 0 Å². The van der Waals surface area contributed by atoms with Crippen LogP contribution in [0.1, 0.15) is 6.23 Å². The normalized spacial score (nSPS) is 30.1. The molecule has 0 unspecified atom stereocenters. The van der Waals surface area contributed by atoms with Crippen molar-refractivity contribution in [1.82, 2.24) is 24.8 Å². The molecule has 8 nitrogen and oxygen atoms in total. The summed E-state index contributed by atoms with van der Waals surface area (Å²) in [6.45, 7) is -0.272. The average molecular weight is 282 g/mol. The predicted molar refractivity (Wildman–Crippen MR) is 68.5 cm³/mol. The van der Waals surface area contributed by atoms with E-state index in [1.54, 1.807) is 7.05 Å². The number of aliphatic hydroxyl groups excluding tert-OH is 1. The van der Waals surface area contributed by atoms with Gasteiger partial charge in [-0.1, -0.05) is 0 Å². The van der Waals surface area contributed by atoms with Gasteiger partial charge in [0.15, 0.2) is 23.9 Å². The molecular weight excluding hydrogens is 267 g/mol. The quantitative estimate of drug-likeness (QED) is 0.677. The number of nitrogens with two attached hydrogens (primary N) is 1. The number of imidazole rings is 1. The Bertz CT molecular complexity index is 620. The monoisotopic (exact) mass is 282 g/mol. The summed E-state index contributed by atoms with van der Waals surface area (Å²) in [4.78, 5) is 12.0. The lowest BCUT2D eigenvalue weighted by molar-refractivity contribution is -0.0367. The maximum Gasteiger partial charge on any atom is 0.170 e. The number of hydrogen-bond acceptors (Lipinski definition) is 7. The first-order valence-electron chi connectivity index (χ1n) is 6.18. The number of rotatable bonds is 3. The van der Waals surface area contributed by atoms with Gasteiger partial charge in [-0.3, -0.25) is 4.57 Å². The third-order valence-electron chi connectivity index (χ3n) is 3.50. The van der Waals surface area contributed by atoms with Gasteiger partial charge in [-0.05, 0) is 7.05 Å². The molecule has 4 N–H and O–H groups in total. The van der Waals surface area contributed by atoms with E-state index in [-0.39, 0.29) is 12.4 Å². The van der Waals surface area contributed by atoms with Gasteiger partial charge >= 0.3 is 0 Å². The molecule has 4 atom stereocenters. The van der Waals surface area contributed by atoms with E-state index in [4.69, 9.17) is 10.5 Å². The number of aliphatic hydroxyl groups is 1. The summed E-state index contributed by atoms with van der Waals surface area (Å²) in [6.07, 6.45) is -0.178. The fraction of sp³-hybridized carbons (Fsp3) is 0.545. The van der Waals surface area contributed by atoms with Crippen LogP contribution >= 0.6 is 0 Å². The fourth-order valence-electron chi connectivity index (χ4n) is 2.50. The topological polar surface area (TPSA) is 111 Å². The van der Waals surface area contributed by atoms with Crippen molar-refractivity contribution in [2.45, 2.75) is 24.5 Å². The van der Waals surface area contributed by atoms with E-state index in [1.807, 2.05) is 0 Å². The van der Waals surface area contributed by atoms with E-state index >= 15 is 0 Å². The lowest BCUT2D eigenvalue weighted by Gasteiger charge is -2.16. The van der Waals surface area contributed by atoms with Crippen molar-refractivity contribution in [3.05, 3.63) is 12.7 Å². The third-order valence-corrected chi connectivity index (χ3v) is 3.50. The van der Waals surface area contributed by atoms with Crippen LogP contribution in [0.4, 0.5) is 10.2 Å². The highest BCUT2D eigenvalue weighted by atomic mass is 19.1. The number of aromatic nitrogens is 4. The second kappa shape index (κ2) is 4.93. The molecule has 9 heteroatoms. The maximum atomic E-state index is 14.5. The van der Waals surface area contributed by atoms with E-state index in [0.717, 1.165) is 0 Å². The van der Waals surface area contributed by atoms with Crippen LogP contribution in [0.5, 0.6) is 0 Å². The van der Waals surface area contributed by atoms with Crippen molar-refractivity contribution in [2.75, 3.05) is 19.4 Å². The van der Waals surface area contributed by atoms with Gasteiger partial charge in [-0.2, -0.15) is 0 Å². The number of alkyl halides is 1. The Hall–Kier alpha value is -1.84. The minimum atomic E-state index is -1.34. The van der Waals surface area contributed by atoms with E-state index in [1.165, 1.54) is 17.2 Å². The molecule has 0 bridgehead atoms. The average Bonchev–Trinajstić information content (AvgIpc) is 3.00. The largest absolute Gasteiger partial charge is 0.394 e. The Kier molecular flexibility index (Phi) is 3.24. The Labute approximate surface area is 113 Å². The first kappa shape index (κ1) is 13.2. The SMILES string of the molecule is CN[C@H]1[C@@H](F)[C@H](n2cnc3c(N)ncnc32)O[C@@H]1CO. The number of likely N-dealkylation sites (N-methyl/N-ethyl adjacent to an activating group) is 1. The summed E-state index contributed by atoms with van der Waals surface area (Å²) in [6, 6.07) is -0.596. The van der Waals surface area contributed by atoms with Crippen LogP contribution in [0.25, 0.3) is 11.2 Å². The predicted octanol–water partition coefficient (Wildman–Crippen LogP) is -0.776. The van der Waals surface area contributed by atoms with Gasteiger partial charge in [0.1, 0.15) is 17.9 Å². The molecule has 3 rings (SSSR count). The summed E-state index contributed by atoms with van der Waals surface area (Å²) in [5.74, 6) is 0.228. The zero-order chi connectivity index (χ0) is 14.3. The molecule has 0 aliphatic carbocycles. The van der Waals surface area contributed by atoms with Crippen molar-refractivity contribution in [3.8, 4) is 0 Å². The first-order valence-corrected chi connectivity index (χ1v) is 6.18. The molecule has 1 saturated heterocycles. The zero-order valence-corrected chi connectivity index (χ0v) is 10.8. The summed E-state index contributed by atoms with van der Waals surface area (Å²) in [5, 5.41) is 12.1. The molecule has 1 fully saturated rings. The van der Waals surface area contributed by atoms with E-state index in [9.17, 15) is 9.50 Å². The van der Waals surface area contributed by atoms with Crippen molar-refractivity contribution in [2.24, 2.45) is 0 Å². The van der Waals surface area contributed by atoms with Crippen LogP contribution in [0.15, 0.2) is 12.7 Å². The minimum absolute atomic E-state index is 0.228. The van der Waals surface area contributed by atoms with Crippen LogP contribution in [0.2, 0.25) is 0 Å². The maximum absolute atomic E-state index is 14.5. The lowest BCUT2D eigenvalue weighted by atomic mass is 10.1. The third kappa shape index (κ3) is 1.82. The van der Waals surface area contributed by atoms with Crippen molar-refractivity contribution < 1.29 is 14.2 Å². The smallest absolute Gasteiger partial charge is 0.170 e. The molecular formula is C11H15FN6O2. The minimum Gasteiger partial charge on any atom is -0.394 e. The second-order valence-corrected chi connectivity index (χ2v) is 4.59. The van der Waals surface area contributed by atoms with Gasteiger partial charge in [0.2, 0.25) is 0 Å². The van der Waals surface area contributed by atoms with Crippen LogP contribution in [0, 0.1) is 0 Å². The number of halogens is 1. The molecule has 0 amide bonds. The highest BCUT2D eigenvalue weighted by Crippen LogP contribution is 2.33. The van der Waals surface area contributed by atoms with Crippen molar-refractivity contribution in [3.63, 3.8) is 0 Å². The highest BCUT2D eigenvalue weighted by molar-refractivity contribution is 5.81. The number of nitrogens with one attached hydrogen (secondary N) is 1. The standard InChI is InChI=1S/C11H15FN6O2/c1-14-7-5(2-19)20-11(6(7)12)18-4-17-8-9(13)15-3-16-10(8)18/h3-7,11,14,19H,2H2,1H3,(H2,13,15,16)/t5-,6-,7-,11-/m1/s1. The molecule has 108 valence electrons. The van der Waals surface area contributed by atoms with Crippen molar-refractivity contribution in [1.29, 1.82) is 0 Å². The van der Waals surface area contributed by atoms with E-state index < -0.39 is 24.5 Å². The molecule has 2 aromatic heterocycles. The van der Waals surface area contributed by atoms with Crippen LogP contribution in [-0.2, 0) is 4.74 Å². The molecule has 0 radical (unpaired) electrons. The number of fused-ring (bicyclic) bond motifs is 1. The van der Waals surface area contributed by atoms with E-state index in [0.29, 0.717) is 11.2 Å². The fourth-order valence-corrected chi connectivity index (χ4v) is 2.50. The second-order valence-electron chi connectivity index (χ2n) is 4.59. The molecule has 2 aromatic rings. The number of nitrogen functional groups attached to an aromatic ring is 1. The van der Waals surface area contributed by atoms with Gasteiger partial charge in [0.05, 0.1) is 19.0 Å². The molecule has 0 aromatic carbocycles. The molecule has 20 heavy (non-hydrogen) atoms. The molecule has 0 saturated carbocycles. The Balaban J connectivity index is 2.01. The number of ether oxygens (including phenoxy) is 1. The Morgan fingerprint density at radius 1 is 1.50 bits per heavy atom. The van der Waals surface area contributed by atoms with E-state index in [2.05, 4.69) is 20.3 Å². The zero-order valence-electron chi connectivity index (χ0n) is 10.8. The first-order chi connectivity index (χ1) is 9.67. The Morgan fingerprint density at radius 2 is 2.30 bits per heavy atom. The van der Waals surface area contributed by atoms with Crippen LogP contribution in [0.3, 0.4) is 0 Å². The van der Waals surface area contributed by atoms with Crippen LogP contribution in [-0.4, -0.2) is 56.6 Å². The molecule has 3 heterocycles. The molecule has 1 aliphatic heterocycles. The summed E-state index contributed by atoms with van der Waals surface area (Å²) < 4.78 is 21.5. The van der Waals surface area contributed by atoms with Gasteiger partial charge in [0, 0.05) is 0 Å². The Morgan fingerprint density at radius 3 is 2.95 bits per heavy atom. The highest BCUT2D eigenvalue weighted by Gasteiger charge is 2.45.